The molecule has 3 nitrogen and oxygen atoms in total. The van der Waals surface area contributed by atoms with Crippen molar-refractivity contribution in [2.45, 2.75) is 19.9 Å². The number of hydrogen-bond donors (Lipinski definition) is 2. The number of aromatic amines is 1. The fourth-order valence-electron chi connectivity index (χ4n) is 2.89. The maximum Gasteiger partial charge on any atom is 0.138 e. The molecule has 2 N–H and O–H groups in total. The minimum atomic E-state index is 0.957. The van der Waals surface area contributed by atoms with E-state index in [1.165, 1.54) is 22.3 Å². The van der Waals surface area contributed by atoms with Crippen molar-refractivity contribution in [3.63, 3.8) is 0 Å². The highest BCUT2D eigenvalue weighted by molar-refractivity contribution is 5.80. The smallest absolute Gasteiger partial charge is 0.138 e. The summed E-state index contributed by atoms with van der Waals surface area (Å²) < 4.78 is 0. The number of benzene rings is 2. The third-order valence-corrected chi connectivity index (χ3v) is 4.00. The van der Waals surface area contributed by atoms with Crippen LogP contribution < -0.4 is 5.32 Å². The molecular formula is C17H17N3. The SMILES string of the molecule is Cc1ccc2nc(-c3ccc4c(c3)CNCC4)[nH]c2c1. The summed E-state index contributed by atoms with van der Waals surface area (Å²) in [5, 5.41) is 3.42. The predicted octanol–water partition coefficient (Wildman–Crippen LogP) is 3.18. The Bertz CT molecular complexity index is 786. The van der Waals surface area contributed by atoms with Gasteiger partial charge in [-0.25, -0.2) is 4.98 Å². The van der Waals surface area contributed by atoms with Crippen molar-refractivity contribution in [1.82, 2.24) is 15.3 Å². The van der Waals surface area contributed by atoms with E-state index in [2.05, 4.69) is 53.6 Å². The summed E-state index contributed by atoms with van der Waals surface area (Å²) in [5.41, 5.74) is 7.41. The van der Waals surface area contributed by atoms with Crippen molar-refractivity contribution >= 4 is 11.0 Å². The number of nitrogens with zero attached hydrogens (tertiary/aromatic N) is 1. The Morgan fingerprint density at radius 3 is 2.95 bits per heavy atom. The van der Waals surface area contributed by atoms with E-state index >= 15 is 0 Å². The minimum Gasteiger partial charge on any atom is -0.338 e. The van der Waals surface area contributed by atoms with Gasteiger partial charge in [0.15, 0.2) is 0 Å². The van der Waals surface area contributed by atoms with Gasteiger partial charge in [-0.2, -0.15) is 0 Å². The molecule has 0 saturated carbocycles. The molecule has 0 radical (unpaired) electrons. The average molecular weight is 263 g/mol. The number of rotatable bonds is 1. The first kappa shape index (κ1) is 11.7. The van der Waals surface area contributed by atoms with E-state index < -0.39 is 0 Å². The zero-order valence-electron chi connectivity index (χ0n) is 11.5. The van der Waals surface area contributed by atoms with E-state index in [4.69, 9.17) is 4.98 Å². The lowest BCUT2D eigenvalue weighted by Crippen LogP contribution is -2.23. The van der Waals surface area contributed by atoms with Crippen LogP contribution in [0.5, 0.6) is 0 Å². The maximum atomic E-state index is 4.70. The number of H-pyrrole nitrogens is 1. The van der Waals surface area contributed by atoms with Gasteiger partial charge >= 0.3 is 0 Å². The van der Waals surface area contributed by atoms with Gasteiger partial charge in [0.1, 0.15) is 5.82 Å². The third kappa shape index (κ3) is 1.91. The summed E-state index contributed by atoms with van der Waals surface area (Å²) in [6.45, 7) is 4.14. The Kier molecular flexibility index (Phi) is 2.60. The highest BCUT2D eigenvalue weighted by atomic mass is 14.9. The quantitative estimate of drug-likeness (QED) is 0.708. The number of imidazole rings is 1. The molecule has 100 valence electrons. The number of nitrogens with one attached hydrogen (secondary N) is 2. The van der Waals surface area contributed by atoms with Gasteiger partial charge in [0, 0.05) is 12.1 Å². The zero-order chi connectivity index (χ0) is 13.5. The van der Waals surface area contributed by atoms with Crippen molar-refractivity contribution < 1.29 is 0 Å². The van der Waals surface area contributed by atoms with E-state index in [1.54, 1.807) is 0 Å². The number of fused-ring (bicyclic) bond motifs is 2. The van der Waals surface area contributed by atoms with Crippen LogP contribution in [0.4, 0.5) is 0 Å². The number of aromatic nitrogens is 2. The van der Waals surface area contributed by atoms with Crippen LogP contribution in [0, 0.1) is 6.92 Å². The molecule has 0 amide bonds. The van der Waals surface area contributed by atoms with Gasteiger partial charge in [0.25, 0.3) is 0 Å². The second kappa shape index (κ2) is 4.46. The normalized spacial score (nSPS) is 14.4. The van der Waals surface area contributed by atoms with Gasteiger partial charge in [0.2, 0.25) is 0 Å². The van der Waals surface area contributed by atoms with Crippen LogP contribution in [0.25, 0.3) is 22.4 Å². The van der Waals surface area contributed by atoms with Crippen LogP contribution in [0.15, 0.2) is 36.4 Å². The van der Waals surface area contributed by atoms with E-state index in [9.17, 15) is 0 Å². The van der Waals surface area contributed by atoms with Crippen LogP contribution in [0.2, 0.25) is 0 Å². The Morgan fingerprint density at radius 2 is 2.00 bits per heavy atom. The largest absolute Gasteiger partial charge is 0.338 e. The standard InChI is InChI=1S/C17H17N3/c1-11-2-5-15-16(8-11)20-17(19-15)13-4-3-12-6-7-18-10-14(12)9-13/h2-5,8-9,18H,6-7,10H2,1H3,(H,19,20). The second-order valence-corrected chi connectivity index (χ2v) is 5.52. The van der Waals surface area contributed by atoms with E-state index in [0.29, 0.717) is 0 Å². The molecule has 0 fully saturated rings. The molecule has 0 atom stereocenters. The fourth-order valence-corrected chi connectivity index (χ4v) is 2.89. The first-order valence-corrected chi connectivity index (χ1v) is 7.09. The maximum absolute atomic E-state index is 4.70. The van der Waals surface area contributed by atoms with Crippen molar-refractivity contribution in [1.29, 1.82) is 0 Å². The molecule has 3 heteroatoms. The van der Waals surface area contributed by atoms with Crippen LogP contribution in [0.3, 0.4) is 0 Å². The molecular weight excluding hydrogens is 246 g/mol. The number of hydrogen-bond acceptors (Lipinski definition) is 2. The lowest BCUT2D eigenvalue weighted by atomic mass is 9.98. The van der Waals surface area contributed by atoms with Crippen molar-refractivity contribution in [2.24, 2.45) is 0 Å². The lowest BCUT2D eigenvalue weighted by Gasteiger charge is -2.17. The van der Waals surface area contributed by atoms with Gasteiger partial charge < -0.3 is 10.3 Å². The summed E-state index contributed by atoms with van der Waals surface area (Å²) in [6, 6.07) is 13.0. The number of aryl methyl sites for hydroxylation is 1. The van der Waals surface area contributed by atoms with Gasteiger partial charge in [0.05, 0.1) is 11.0 Å². The summed E-state index contributed by atoms with van der Waals surface area (Å²) in [6.07, 6.45) is 1.12. The van der Waals surface area contributed by atoms with Gasteiger partial charge in [-0.1, -0.05) is 18.2 Å². The highest BCUT2D eigenvalue weighted by Crippen LogP contribution is 2.24. The fraction of sp³-hybridized carbons (Fsp3) is 0.235. The van der Waals surface area contributed by atoms with Crippen LogP contribution in [-0.4, -0.2) is 16.5 Å². The first-order chi connectivity index (χ1) is 9.79. The lowest BCUT2D eigenvalue weighted by molar-refractivity contribution is 0.644. The molecule has 0 spiro atoms. The summed E-state index contributed by atoms with van der Waals surface area (Å²) in [4.78, 5) is 8.13. The van der Waals surface area contributed by atoms with Crippen molar-refractivity contribution in [2.75, 3.05) is 6.54 Å². The molecule has 3 aromatic rings. The topological polar surface area (TPSA) is 40.7 Å². The molecule has 0 unspecified atom stereocenters. The molecule has 2 aromatic carbocycles. The minimum absolute atomic E-state index is 0.957. The van der Waals surface area contributed by atoms with Crippen LogP contribution in [0.1, 0.15) is 16.7 Å². The monoisotopic (exact) mass is 263 g/mol. The van der Waals surface area contributed by atoms with E-state index in [1.807, 2.05) is 0 Å². The molecule has 1 aromatic heterocycles. The molecule has 20 heavy (non-hydrogen) atoms. The van der Waals surface area contributed by atoms with Gasteiger partial charge in [-0.3, -0.25) is 0 Å². The van der Waals surface area contributed by atoms with E-state index in [0.717, 1.165) is 36.4 Å². The van der Waals surface area contributed by atoms with Crippen molar-refractivity contribution in [3.05, 3.63) is 53.1 Å². The van der Waals surface area contributed by atoms with Gasteiger partial charge in [-0.05, 0) is 54.8 Å². The van der Waals surface area contributed by atoms with Gasteiger partial charge in [-0.15, -0.1) is 0 Å². The van der Waals surface area contributed by atoms with E-state index in [-0.39, 0.29) is 0 Å². The summed E-state index contributed by atoms with van der Waals surface area (Å²) >= 11 is 0. The molecule has 0 saturated heterocycles. The molecule has 2 heterocycles. The first-order valence-electron chi connectivity index (χ1n) is 7.09. The zero-order valence-corrected chi connectivity index (χ0v) is 11.5. The molecule has 0 aliphatic carbocycles. The summed E-state index contributed by atoms with van der Waals surface area (Å²) in [5.74, 6) is 0.957. The Hall–Kier alpha value is -2.13. The van der Waals surface area contributed by atoms with Crippen LogP contribution >= 0.6 is 0 Å². The molecule has 1 aliphatic rings. The Balaban J connectivity index is 1.82. The molecule has 4 rings (SSSR count). The highest BCUT2D eigenvalue weighted by Gasteiger charge is 2.11. The summed E-state index contributed by atoms with van der Waals surface area (Å²) in [7, 11) is 0. The molecule has 1 aliphatic heterocycles. The third-order valence-electron chi connectivity index (χ3n) is 4.00. The average Bonchev–Trinajstić information content (AvgIpc) is 2.89. The van der Waals surface area contributed by atoms with Crippen molar-refractivity contribution in [3.8, 4) is 11.4 Å². The predicted molar refractivity (Wildman–Crippen MR) is 81.7 cm³/mol. The van der Waals surface area contributed by atoms with Crippen LogP contribution in [-0.2, 0) is 13.0 Å². The Morgan fingerprint density at radius 1 is 1.05 bits per heavy atom. The Labute approximate surface area is 118 Å². The molecule has 0 bridgehead atoms. The second-order valence-electron chi connectivity index (χ2n) is 5.52.